The van der Waals surface area contributed by atoms with E-state index in [9.17, 15) is 9.59 Å². The molecule has 0 fully saturated rings. The number of rotatable bonds is 4. The van der Waals surface area contributed by atoms with Crippen LogP contribution in [0.15, 0.2) is 39.5 Å². The summed E-state index contributed by atoms with van der Waals surface area (Å²) < 4.78 is 6.01. The summed E-state index contributed by atoms with van der Waals surface area (Å²) in [5, 5.41) is 1.27. The standard InChI is InChI=1S/C23H22Cl2N2O3/c1-12-9-15-18(10-13(12)2)30-22-19(21(15)28)20(14-5-6-16(24)17(25)11-14)27(23(22)29)8-7-26(3)4/h5-6,9-11,20H,7-8H2,1-4H3/t20-/m1/s1. The third-order valence-corrected chi connectivity index (χ3v) is 6.37. The maximum Gasteiger partial charge on any atom is 0.290 e. The normalized spacial score (nSPS) is 16.0. The maximum absolute atomic E-state index is 13.5. The molecule has 3 aromatic rings. The van der Waals surface area contributed by atoms with Crippen LogP contribution in [0, 0.1) is 13.8 Å². The summed E-state index contributed by atoms with van der Waals surface area (Å²) >= 11 is 12.4. The molecular formula is C23H22Cl2N2O3. The summed E-state index contributed by atoms with van der Waals surface area (Å²) in [6.45, 7) is 4.98. The Morgan fingerprint density at radius 1 is 1.03 bits per heavy atom. The van der Waals surface area contributed by atoms with E-state index in [1.165, 1.54) is 0 Å². The van der Waals surface area contributed by atoms with E-state index in [2.05, 4.69) is 0 Å². The molecule has 0 saturated heterocycles. The van der Waals surface area contributed by atoms with Gasteiger partial charge in [0.15, 0.2) is 5.43 Å². The number of fused-ring (bicyclic) bond motifs is 2. The number of likely N-dealkylation sites (N-methyl/N-ethyl adjacent to an activating group) is 1. The molecule has 5 nitrogen and oxygen atoms in total. The number of hydrogen-bond donors (Lipinski definition) is 0. The fourth-order valence-corrected chi connectivity index (χ4v) is 4.15. The first kappa shape index (κ1) is 20.9. The molecule has 4 rings (SSSR count). The van der Waals surface area contributed by atoms with Crippen LogP contribution in [0.4, 0.5) is 0 Å². The van der Waals surface area contributed by atoms with Gasteiger partial charge in [0, 0.05) is 13.1 Å². The third-order valence-electron chi connectivity index (χ3n) is 5.63. The summed E-state index contributed by atoms with van der Waals surface area (Å²) in [6.07, 6.45) is 0. The maximum atomic E-state index is 13.5. The van der Waals surface area contributed by atoms with Gasteiger partial charge >= 0.3 is 0 Å². The number of benzene rings is 2. The lowest BCUT2D eigenvalue weighted by molar-refractivity contribution is 0.0716. The highest BCUT2D eigenvalue weighted by Gasteiger charge is 2.42. The largest absolute Gasteiger partial charge is 0.450 e. The minimum Gasteiger partial charge on any atom is -0.450 e. The molecule has 0 aliphatic carbocycles. The fourth-order valence-electron chi connectivity index (χ4n) is 3.84. The molecule has 0 unspecified atom stereocenters. The number of carbonyl (C=O) groups excluding carboxylic acids is 1. The molecular weight excluding hydrogens is 423 g/mol. The van der Waals surface area contributed by atoms with E-state index < -0.39 is 6.04 Å². The Balaban J connectivity index is 1.97. The minimum absolute atomic E-state index is 0.102. The molecule has 1 aliphatic rings. The second-order valence-corrected chi connectivity index (χ2v) is 8.80. The highest BCUT2D eigenvalue weighted by atomic mass is 35.5. The summed E-state index contributed by atoms with van der Waals surface area (Å²) in [5.74, 6) is -0.189. The van der Waals surface area contributed by atoms with Gasteiger partial charge in [-0.1, -0.05) is 29.3 Å². The van der Waals surface area contributed by atoms with Crippen molar-refractivity contribution in [2.24, 2.45) is 0 Å². The molecule has 2 aromatic carbocycles. The second kappa shape index (κ2) is 7.73. The van der Waals surface area contributed by atoms with Crippen LogP contribution in [0.25, 0.3) is 11.0 Å². The zero-order valence-corrected chi connectivity index (χ0v) is 18.8. The van der Waals surface area contributed by atoms with Crippen molar-refractivity contribution in [1.82, 2.24) is 9.80 Å². The Labute approximate surface area is 184 Å². The van der Waals surface area contributed by atoms with E-state index in [0.717, 1.165) is 16.7 Å². The van der Waals surface area contributed by atoms with Gasteiger partial charge in [0.1, 0.15) is 5.58 Å². The lowest BCUT2D eigenvalue weighted by atomic mass is 9.97. The molecule has 2 heterocycles. The molecule has 30 heavy (non-hydrogen) atoms. The molecule has 7 heteroatoms. The molecule has 0 bridgehead atoms. The van der Waals surface area contributed by atoms with Crippen LogP contribution in [0.3, 0.4) is 0 Å². The first-order valence-corrected chi connectivity index (χ1v) is 10.4. The predicted molar refractivity (Wildman–Crippen MR) is 120 cm³/mol. The van der Waals surface area contributed by atoms with Gasteiger partial charge in [0.2, 0.25) is 5.76 Å². The average Bonchev–Trinajstić information content (AvgIpc) is 2.96. The first-order chi connectivity index (χ1) is 14.2. The molecule has 1 aromatic heterocycles. The number of amides is 1. The van der Waals surface area contributed by atoms with E-state index >= 15 is 0 Å². The molecule has 0 spiro atoms. The van der Waals surface area contributed by atoms with Crippen LogP contribution in [-0.2, 0) is 0 Å². The molecule has 0 radical (unpaired) electrons. The Bertz CT molecular complexity index is 1230. The zero-order valence-electron chi connectivity index (χ0n) is 17.3. The molecule has 1 amide bonds. The molecule has 0 saturated carbocycles. The summed E-state index contributed by atoms with van der Waals surface area (Å²) in [7, 11) is 3.87. The van der Waals surface area contributed by atoms with Gasteiger partial charge in [-0.2, -0.15) is 0 Å². The number of hydrogen-bond acceptors (Lipinski definition) is 4. The first-order valence-electron chi connectivity index (χ1n) is 9.67. The Hall–Kier alpha value is -2.34. The van der Waals surface area contributed by atoms with Crippen molar-refractivity contribution in [3.8, 4) is 0 Å². The highest BCUT2D eigenvalue weighted by Crippen LogP contribution is 2.39. The molecule has 156 valence electrons. The van der Waals surface area contributed by atoms with Crippen LogP contribution in [0.2, 0.25) is 10.0 Å². The van der Waals surface area contributed by atoms with Crippen molar-refractivity contribution in [2.45, 2.75) is 19.9 Å². The Morgan fingerprint density at radius 3 is 2.40 bits per heavy atom. The third kappa shape index (κ3) is 3.41. The van der Waals surface area contributed by atoms with Crippen molar-refractivity contribution in [3.63, 3.8) is 0 Å². The number of carbonyl (C=O) groups is 1. The highest BCUT2D eigenvalue weighted by molar-refractivity contribution is 6.42. The second-order valence-electron chi connectivity index (χ2n) is 7.98. The Morgan fingerprint density at radius 2 is 1.73 bits per heavy atom. The van der Waals surface area contributed by atoms with Crippen molar-refractivity contribution in [3.05, 3.63) is 78.6 Å². The molecule has 1 atom stereocenters. The van der Waals surface area contributed by atoms with E-state index in [-0.39, 0.29) is 17.1 Å². The van der Waals surface area contributed by atoms with Crippen molar-refractivity contribution in [2.75, 3.05) is 27.2 Å². The van der Waals surface area contributed by atoms with Gasteiger partial charge in [0.05, 0.1) is 27.0 Å². The quantitative estimate of drug-likeness (QED) is 0.578. The molecule has 1 aliphatic heterocycles. The molecule has 0 N–H and O–H groups in total. The summed E-state index contributed by atoms with van der Waals surface area (Å²) in [4.78, 5) is 30.5. The minimum atomic E-state index is -0.579. The lowest BCUT2D eigenvalue weighted by Gasteiger charge is -2.26. The number of halogens is 2. The SMILES string of the molecule is Cc1cc2oc3c(c(=O)c2cc1C)[C@@H](c1ccc(Cl)c(Cl)c1)N(CCN(C)C)C3=O. The van der Waals surface area contributed by atoms with E-state index in [0.29, 0.717) is 39.7 Å². The smallest absolute Gasteiger partial charge is 0.290 e. The predicted octanol–water partition coefficient (Wildman–Crippen LogP) is 4.82. The summed E-state index contributed by atoms with van der Waals surface area (Å²) in [6, 6.07) is 8.26. The van der Waals surface area contributed by atoms with Crippen LogP contribution >= 0.6 is 23.2 Å². The van der Waals surface area contributed by atoms with Crippen LogP contribution < -0.4 is 5.43 Å². The van der Waals surface area contributed by atoms with Crippen LogP contribution in [0.1, 0.15) is 38.9 Å². The van der Waals surface area contributed by atoms with Gasteiger partial charge in [-0.25, -0.2) is 0 Å². The van der Waals surface area contributed by atoms with Gasteiger partial charge in [0.25, 0.3) is 5.91 Å². The van der Waals surface area contributed by atoms with Gasteiger partial charge in [-0.15, -0.1) is 0 Å². The Kier molecular flexibility index (Phi) is 5.39. The average molecular weight is 445 g/mol. The van der Waals surface area contributed by atoms with Crippen molar-refractivity contribution in [1.29, 1.82) is 0 Å². The lowest BCUT2D eigenvalue weighted by Crippen LogP contribution is -2.35. The monoisotopic (exact) mass is 444 g/mol. The van der Waals surface area contributed by atoms with Crippen LogP contribution in [0.5, 0.6) is 0 Å². The number of aryl methyl sites for hydroxylation is 2. The van der Waals surface area contributed by atoms with Crippen LogP contribution in [-0.4, -0.2) is 42.9 Å². The van der Waals surface area contributed by atoms with E-state index in [1.807, 2.05) is 45.0 Å². The van der Waals surface area contributed by atoms with Gasteiger partial charge < -0.3 is 14.2 Å². The van der Waals surface area contributed by atoms with Crippen molar-refractivity contribution >= 4 is 40.1 Å². The van der Waals surface area contributed by atoms with Gasteiger partial charge in [-0.3, -0.25) is 9.59 Å². The number of nitrogens with zero attached hydrogens (tertiary/aromatic N) is 2. The van der Waals surface area contributed by atoms with Gasteiger partial charge in [-0.05, 0) is 68.9 Å². The van der Waals surface area contributed by atoms with Crippen molar-refractivity contribution < 1.29 is 9.21 Å². The summed E-state index contributed by atoms with van der Waals surface area (Å²) in [5.41, 5.74) is 3.32. The fraction of sp³-hybridized carbons (Fsp3) is 0.304. The topological polar surface area (TPSA) is 53.8 Å². The zero-order chi connectivity index (χ0) is 21.7. The van der Waals surface area contributed by atoms with E-state index in [4.69, 9.17) is 27.6 Å². The van der Waals surface area contributed by atoms with E-state index in [1.54, 1.807) is 23.1 Å².